The average Bonchev–Trinajstić information content (AvgIpc) is 2.39. The van der Waals surface area contributed by atoms with E-state index in [2.05, 4.69) is 27.7 Å². The number of carbonyl (C=O) groups excluding carboxylic acids is 3. The number of aliphatic carboxylic acids is 1. The van der Waals surface area contributed by atoms with E-state index in [0.717, 1.165) is 6.92 Å². The Balaban J connectivity index is 0. The molecule has 130 valence electrons. The number of Topliss-reactive ketones (excluding diaryl/α,β-unsaturated/α-hetero) is 2. The van der Waals surface area contributed by atoms with Gasteiger partial charge in [0.2, 0.25) is 0 Å². The molecule has 5 nitrogen and oxygen atoms in total. The van der Waals surface area contributed by atoms with Crippen LogP contribution in [0.4, 0.5) is 0 Å². The lowest BCUT2D eigenvalue weighted by atomic mass is 10.2. The van der Waals surface area contributed by atoms with E-state index in [1.54, 1.807) is 0 Å². The maximum absolute atomic E-state index is 10.1. The predicted octanol–water partition coefficient (Wildman–Crippen LogP) is 1.73. The van der Waals surface area contributed by atoms with Crippen molar-refractivity contribution < 1.29 is 24.0 Å². The Bertz CT molecular complexity index is 310. The monoisotopic (exact) mass is 315 g/mol. The minimum atomic E-state index is -1.80. The van der Waals surface area contributed by atoms with Gasteiger partial charge in [-0.15, -0.1) is 0 Å². The van der Waals surface area contributed by atoms with Gasteiger partial charge in [0.25, 0.3) is 0 Å². The zero-order valence-corrected chi connectivity index (χ0v) is 14.9. The van der Waals surface area contributed by atoms with Crippen LogP contribution in [-0.4, -0.2) is 48.2 Å². The Morgan fingerprint density at radius 1 is 0.773 bits per heavy atom. The van der Waals surface area contributed by atoms with Gasteiger partial charge in [-0.25, -0.2) is 0 Å². The van der Waals surface area contributed by atoms with Crippen molar-refractivity contribution >= 4 is 17.5 Å². The number of carboxylic acid groups (broad SMARTS) is 1. The number of carboxylic acids is 1. The number of carbonyl (C=O) groups is 3. The Labute approximate surface area is 135 Å². The lowest BCUT2D eigenvalue weighted by Crippen LogP contribution is -2.50. The fourth-order valence-corrected chi connectivity index (χ4v) is 2.87. The summed E-state index contributed by atoms with van der Waals surface area (Å²) in [4.78, 5) is 29.7. The van der Waals surface area contributed by atoms with Crippen molar-refractivity contribution in [2.24, 2.45) is 0 Å². The lowest BCUT2D eigenvalue weighted by Gasteiger charge is -2.38. The highest BCUT2D eigenvalue weighted by molar-refractivity contribution is 6.35. The molecule has 0 saturated carbocycles. The van der Waals surface area contributed by atoms with E-state index in [4.69, 9.17) is 0 Å². The van der Waals surface area contributed by atoms with Crippen molar-refractivity contribution in [3.8, 4) is 0 Å². The van der Waals surface area contributed by atoms with E-state index in [-0.39, 0.29) is 0 Å². The molecule has 0 atom stereocenters. The van der Waals surface area contributed by atoms with Gasteiger partial charge in [-0.1, -0.05) is 27.7 Å². The molecule has 0 bridgehead atoms. The molecule has 0 radical (unpaired) electrons. The highest BCUT2D eigenvalue weighted by Gasteiger charge is 2.22. The van der Waals surface area contributed by atoms with Crippen LogP contribution in [0.3, 0.4) is 0 Å². The average molecular weight is 315 g/mol. The van der Waals surface area contributed by atoms with Crippen LogP contribution in [-0.2, 0) is 14.4 Å². The van der Waals surface area contributed by atoms with Gasteiger partial charge in [-0.3, -0.25) is 9.59 Å². The summed E-state index contributed by atoms with van der Waals surface area (Å²) in [6.07, 6.45) is 4.77. The van der Waals surface area contributed by atoms with Crippen LogP contribution < -0.4 is 5.11 Å². The fourth-order valence-electron chi connectivity index (χ4n) is 2.87. The summed E-state index contributed by atoms with van der Waals surface area (Å²) in [6, 6.07) is 0. The third-order valence-corrected chi connectivity index (χ3v) is 3.43. The van der Waals surface area contributed by atoms with Gasteiger partial charge in [-0.2, -0.15) is 0 Å². The van der Waals surface area contributed by atoms with E-state index in [0.29, 0.717) is 0 Å². The van der Waals surface area contributed by atoms with E-state index >= 15 is 0 Å². The molecule has 0 aromatic rings. The molecule has 0 unspecified atom stereocenters. The largest absolute Gasteiger partial charge is 0.542 e. The fraction of sp³-hybridized carbons (Fsp3) is 0.824. The lowest BCUT2D eigenvalue weighted by molar-refractivity contribution is -0.928. The summed E-state index contributed by atoms with van der Waals surface area (Å²) in [7, 11) is 0. The van der Waals surface area contributed by atoms with Crippen molar-refractivity contribution in [1.29, 1.82) is 0 Å². The van der Waals surface area contributed by atoms with Crippen LogP contribution in [0.5, 0.6) is 0 Å². The van der Waals surface area contributed by atoms with Gasteiger partial charge < -0.3 is 14.4 Å². The summed E-state index contributed by atoms with van der Waals surface area (Å²) < 4.78 is 1.38. The van der Waals surface area contributed by atoms with Gasteiger partial charge in [-0.05, 0) is 32.6 Å². The third kappa shape index (κ3) is 11.4. The topological polar surface area (TPSA) is 74.3 Å². The van der Waals surface area contributed by atoms with Crippen LogP contribution in [0, 0.1) is 0 Å². The number of nitrogens with zero attached hydrogens (tertiary/aromatic N) is 1. The van der Waals surface area contributed by atoms with Crippen LogP contribution in [0.2, 0.25) is 0 Å². The number of ketones is 2. The first-order valence-corrected chi connectivity index (χ1v) is 8.37. The zero-order valence-electron chi connectivity index (χ0n) is 14.9. The van der Waals surface area contributed by atoms with Crippen molar-refractivity contribution in [3.63, 3.8) is 0 Å². The minimum absolute atomic E-state index is 0.468. The predicted molar refractivity (Wildman–Crippen MR) is 86.2 cm³/mol. The molecule has 0 amide bonds. The second-order valence-corrected chi connectivity index (χ2v) is 5.83. The van der Waals surface area contributed by atoms with Crippen molar-refractivity contribution in [2.45, 2.75) is 66.7 Å². The zero-order chi connectivity index (χ0) is 17.6. The molecule has 0 fully saturated rings. The Morgan fingerprint density at radius 2 is 1.09 bits per heavy atom. The number of rotatable bonds is 11. The van der Waals surface area contributed by atoms with E-state index in [1.807, 2.05) is 0 Å². The SMILES string of the molecule is CC(=O)CC(=O)C(=O)[O-].CCC[N+](CCC)(CCC)CCC. The highest BCUT2D eigenvalue weighted by Crippen LogP contribution is 2.12. The maximum atomic E-state index is 10.1. The van der Waals surface area contributed by atoms with Gasteiger partial charge in [0.05, 0.1) is 32.6 Å². The smallest absolute Gasteiger partial charge is 0.185 e. The molecule has 0 N–H and O–H groups in total. The molecule has 0 aromatic heterocycles. The molecule has 0 aliphatic heterocycles. The van der Waals surface area contributed by atoms with Gasteiger partial charge in [0, 0.05) is 0 Å². The first-order chi connectivity index (χ1) is 10.3. The molecule has 22 heavy (non-hydrogen) atoms. The third-order valence-electron chi connectivity index (χ3n) is 3.43. The van der Waals surface area contributed by atoms with E-state index in [9.17, 15) is 19.5 Å². The molecule has 0 aliphatic carbocycles. The molecular weight excluding hydrogens is 282 g/mol. The second kappa shape index (κ2) is 13.4. The molecular formula is C17H33NO4. The van der Waals surface area contributed by atoms with Gasteiger partial charge in [0.15, 0.2) is 5.78 Å². The summed E-state index contributed by atoms with van der Waals surface area (Å²) in [5.74, 6) is -3.43. The Hall–Kier alpha value is -1.23. The first kappa shape index (κ1) is 23.0. The first-order valence-electron chi connectivity index (χ1n) is 8.37. The van der Waals surface area contributed by atoms with Gasteiger partial charge >= 0.3 is 0 Å². The summed E-state index contributed by atoms with van der Waals surface area (Å²) >= 11 is 0. The number of hydrogen-bond donors (Lipinski definition) is 0. The van der Waals surface area contributed by atoms with Gasteiger partial charge in [0.1, 0.15) is 11.8 Å². The minimum Gasteiger partial charge on any atom is -0.542 e. The summed E-state index contributed by atoms with van der Waals surface area (Å²) in [5, 5.41) is 9.62. The quantitative estimate of drug-likeness (QED) is 0.330. The molecule has 0 heterocycles. The molecule has 0 spiro atoms. The van der Waals surface area contributed by atoms with Crippen molar-refractivity contribution in [2.75, 3.05) is 26.2 Å². The summed E-state index contributed by atoms with van der Waals surface area (Å²) in [5.41, 5.74) is 0. The maximum Gasteiger partial charge on any atom is 0.185 e. The standard InChI is InChI=1S/C12H28N.C5H6O4/c1-5-9-13(10-6-2,11-7-3)12-8-4;1-3(6)2-4(7)5(8)9/h5-12H2,1-4H3;2H2,1H3,(H,8,9)/q+1;/p-1. The van der Waals surface area contributed by atoms with Crippen molar-refractivity contribution in [1.82, 2.24) is 0 Å². The molecule has 0 saturated heterocycles. The van der Waals surface area contributed by atoms with E-state index in [1.165, 1.54) is 56.3 Å². The Kier molecular flexibility index (Phi) is 14.1. The van der Waals surface area contributed by atoms with Crippen LogP contribution in [0.15, 0.2) is 0 Å². The van der Waals surface area contributed by atoms with Crippen LogP contribution in [0.1, 0.15) is 66.7 Å². The normalized spacial score (nSPS) is 10.6. The van der Waals surface area contributed by atoms with E-state index < -0.39 is 24.0 Å². The molecule has 5 heteroatoms. The molecule has 0 aliphatic rings. The second-order valence-electron chi connectivity index (χ2n) is 5.83. The Morgan fingerprint density at radius 3 is 1.23 bits per heavy atom. The van der Waals surface area contributed by atoms with Crippen molar-refractivity contribution in [3.05, 3.63) is 0 Å². The number of quaternary nitrogens is 1. The number of hydrogen-bond acceptors (Lipinski definition) is 4. The molecule has 0 aromatic carbocycles. The summed E-state index contributed by atoms with van der Waals surface area (Å²) in [6.45, 7) is 15.9. The highest BCUT2D eigenvalue weighted by atomic mass is 16.4. The van der Waals surface area contributed by atoms with Crippen LogP contribution >= 0.6 is 0 Å². The van der Waals surface area contributed by atoms with Crippen LogP contribution in [0.25, 0.3) is 0 Å². The molecule has 0 rings (SSSR count).